The molecule has 0 aliphatic carbocycles. The number of nitrogens with two attached hydrogens (primary N) is 1. The van der Waals surface area contributed by atoms with Crippen molar-refractivity contribution >= 4 is 15.7 Å². The molecule has 0 fully saturated rings. The summed E-state index contributed by atoms with van der Waals surface area (Å²) in [5.41, 5.74) is 0.970. The zero-order valence-corrected chi connectivity index (χ0v) is 16.0. The molecule has 2 N–H and O–H groups in total. The molecule has 5 nitrogen and oxygen atoms in total. The molecule has 0 radical (unpaired) electrons. The van der Waals surface area contributed by atoms with Gasteiger partial charge in [-0.05, 0) is 36.6 Å². The fourth-order valence-electron chi connectivity index (χ4n) is 2.43. The lowest BCUT2D eigenvalue weighted by molar-refractivity contribution is -0.176. The van der Waals surface area contributed by atoms with Crippen LogP contribution in [0.2, 0.25) is 0 Å². The number of hydrogen-bond acceptors (Lipinski definition) is 4. The first-order chi connectivity index (χ1) is 12.1. The molecule has 9 heteroatoms. The molecule has 0 aromatic heterocycles. The minimum Gasteiger partial charge on any atom is -0.371 e. The van der Waals surface area contributed by atoms with Gasteiger partial charge in [-0.15, -0.1) is 0 Å². The quantitative estimate of drug-likeness (QED) is 0.617. The Morgan fingerprint density at radius 3 is 2.12 bits per heavy atom. The summed E-state index contributed by atoms with van der Waals surface area (Å²) in [6, 6.07) is 4.39. The van der Waals surface area contributed by atoms with Gasteiger partial charge in [0.15, 0.2) is 0 Å². The zero-order chi connectivity index (χ0) is 19.8. The largest absolute Gasteiger partial charge is 0.411 e. The van der Waals surface area contributed by atoms with Crippen LogP contribution in [0.4, 0.5) is 18.9 Å². The minimum atomic E-state index is -4.44. The van der Waals surface area contributed by atoms with Gasteiger partial charge >= 0.3 is 6.18 Å². The molecule has 0 saturated heterocycles. The molecule has 0 saturated carbocycles. The van der Waals surface area contributed by atoms with Gasteiger partial charge in [-0.3, -0.25) is 0 Å². The predicted molar refractivity (Wildman–Crippen MR) is 95.6 cm³/mol. The number of nitrogens with zero attached hydrogens (tertiary/aromatic N) is 1. The number of unbranched alkanes of at least 4 members (excludes halogenated alkanes) is 2. The Morgan fingerprint density at radius 2 is 1.65 bits per heavy atom. The van der Waals surface area contributed by atoms with E-state index < -0.39 is 22.8 Å². The van der Waals surface area contributed by atoms with E-state index in [4.69, 9.17) is 5.14 Å². The maximum absolute atomic E-state index is 12.3. The van der Waals surface area contributed by atoms with E-state index in [2.05, 4.69) is 18.6 Å². The first kappa shape index (κ1) is 22.7. The van der Waals surface area contributed by atoms with Crippen LogP contribution < -0.4 is 10.0 Å². The topological polar surface area (TPSA) is 72.6 Å². The number of sulfonamides is 1. The van der Waals surface area contributed by atoms with Crippen LogP contribution >= 0.6 is 0 Å². The highest BCUT2D eigenvalue weighted by Crippen LogP contribution is 2.24. The summed E-state index contributed by atoms with van der Waals surface area (Å²) in [6.45, 7) is 3.83. The lowest BCUT2D eigenvalue weighted by Gasteiger charge is -2.26. The van der Waals surface area contributed by atoms with E-state index in [1.165, 1.54) is 12.1 Å². The maximum Gasteiger partial charge on any atom is 0.411 e. The molecule has 26 heavy (non-hydrogen) atoms. The number of halogens is 3. The molecule has 0 aliphatic heterocycles. The van der Waals surface area contributed by atoms with Crippen molar-refractivity contribution in [2.45, 2.75) is 57.2 Å². The van der Waals surface area contributed by atoms with Crippen molar-refractivity contribution in [2.75, 3.05) is 24.6 Å². The first-order valence-corrected chi connectivity index (χ1v) is 10.2. The molecule has 0 amide bonds. The fraction of sp³-hybridized carbons (Fsp3) is 0.647. The molecule has 150 valence electrons. The van der Waals surface area contributed by atoms with Crippen LogP contribution in [0.3, 0.4) is 0 Å². The average Bonchev–Trinajstić information content (AvgIpc) is 2.52. The van der Waals surface area contributed by atoms with Crippen LogP contribution in [-0.4, -0.2) is 34.3 Å². The molecule has 0 spiro atoms. The van der Waals surface area contributed by atoms with Crippen molar-refractivity contribution in [3.8, 4) is 0 Å². The third kappa shape index (κ3) is 8.37. The minimum absolute atomic E-state index is 0.126. The summed E-state index contributed by atoms with van der Waals surface area (Å²) >= 11 is 0. The van der Waals surface area contributed by atoms with Gasteiger partial charge in [0, 0.05) is 18.8 Å². The smallest absolute Gasteiger partial charge is 0.371 e. The summed E-state index contributed by atoms with van der Waals surface area (Å²) in [6.07, 6.45) is -0.654. The molecule has 0 heterocycles. The highest BCUT2D eigenvalue weighted by Gasteiger charge is 2.27. The van der Waals surface area contributed by atoms with Crippen molar-refractivity contribution in [2.24, 2.45) is 5.14 Å². The summed E-state index contributed by atoms with van der Waals surface area (Å²) < 4.78 is 65.0. The molecule has 0 aliphatic rings. The Bertz CT molecular complexity index is 656. The highest BCUT2D eigenvalue weighted by molar-refractivity contribution is 7.89. The molecule has 1 aromatic rings. The summed E-state index contributed by atoms with van der Waals surface area (Å²) in [4.78, 5) is 1.91. The molecule has 0 unspecified atom stereocenters. The van der Waals surface area contributed by atoms with Gasteiger partial charge in [-0.2, -0.15) is 13.2 Å². The molecular weight excluding hydrogens is 369 g/mol. The Labute approximate surface area is 153 Å². The number of ether oxygens (including phenoxy) is 1. The number of alkyl halides is 3. The molecule has 0 bridgehead atoms. The van der Waals surface area contributed by atoms with Gasteiger partial charge in [-0.25, -0.2) is 13.6 Å². The van der Waals surface area contributed by atoms with Crippen LogP contribution in [0.1, 0.15) is 45.1 Å². The van der Waals surface area contributed by atoms with Crippen molar-refractivity contribution in [3.05, 3.63) is 23.8 Å². The molecular formula is C17H27F3N2O3S. The fourth-order valence-corrected chi connectivity index (χ4v) is 3.03. The first-order valence-electron chi connectivity index (χ1n) is 8.63. The third-order valence-corrected chi connectivity index (χ3v) is 4.64. The molecule has 1 aromatic carbocycles. The summed E-state index contributed by atoms with van der Waals surface area (Å²) in [7, 11) is -3.98. The Hall–Kier alpha value is -1.32. The van der Waals surface area contributed by atoms with E-state index in [9.17, 15) is 21.6 Å². The van der Waals surface area contributed by atoms with Gasteiger partial charge in [0.1, 0.15) is 6.61 Å². The van der Waals surface area contributed by atoms with Crippen molar-refractivity contribution < 1.29 is 26.3 Å². The lowest BCUT2D eigenvalue weighted by atomic mass is 10.1. The predicted octanol–water partition coefficient (Wildman–Crippen LogP) is 3.82. The molecule has 1 rings (SSSR count). The van der Waals surface area contributed by atoms with Crippen molar-refractivity contribution in [1.29, 1.82) is 0 Å². The number of hydrogen-bond donors (Lipinski definition) is 1. The lowest BCUT2D eigenvalue weighted by Crippen LogP contribution is -2.26. The van der Waals surface area contributed by atoms with Crippen LogP contribution in [0.5, 0.6) is 0 Å². The maximum atomic E-state index is 12.3. The zero-order valence-electron chi connectivity index (χ0n) is 15.2. The van der Waals surface area contributed by atoms with Gasteiger partial charge in [-0.1, -0.05) is 26.7 Å². The normalized spacial score (nSPS) is 12.4. The van der Waals surface area contributed by atoms with Crippen molar-refractivity contribution in [1.82, 2.24) is 0 Å². The Kier molecular flexibility index (Phi) is 8.85. The standard InChI is InChI=1S/C17H27F3N2O3S/c1-3-5-7-22(8-6-4-2)15-9-14(12-25-13-17(18,19)20)10-16(11-15)26(21,23)24/h9-11H,3-8,12-13H2,1-2H3,(H2,21,23,24). The number of benzene rings is 1. The second-order valence-corrected chi connectivity index (χ2v) is 7.74. The van der Waals surface area contributed by atoms with E-state index in [-0.39, 0.29) is 11.5 Å². The third-order valence-electron chi connectivity index (χ3n) is 3.74. The Morgan fingerprint density at radius 1 is 1.08 bits per heavy atom. The number of anilines is 1. The SMILES string of the molecule is CCCCN(CCCC)c1cc(COCC(F)(F)F)cc(S(N)(=O)=O)c1. The van der Waals surface area contributed by atoms with Crippen molar-refractivity contribution in [3.63, 3.8) is 0 Å². The summed E-state index contributed by atoms with van der Waals surface area (Å²) in [5, 5.41) is 5.23. The van der Waals surface area contributed by atoms with Crippen LogP contribution in [-0.2, 0) is 21.4 Å². The van der Waals surface area contributed by atoms with E-state index in [1.54, 1.807) is 6.07 Å². The van der Waals surface area contributed by atoms with E-state index >= 15 is 0 Å². The van der Waals surface area contributed by atoms with Crippen LogP contribution in [0, 0.1) is 0 Å². The Balaban J connectivity index is 3.12. The van der Waals surface area contributed by atoms with Gasteiger partial charge in [0.25, 0.3) is 0 Å². The van der Waals surface area contributed by atoms with Gasteiger partial charge in [0.05, 0.1) is 11.5 Å². The number of rotatable bonds is 11. The second-order valence-electron chi connectivity index (χ2n) is 6.18. The summed E-state index contributed by atoms with van der Waals surface area (Å²) in [5.74, 6) is 0. The van der Waals surface area contributed by atoms with Gasteiger partial charge in [0.2, 0.25) is 10.0 Å². The average molecular weight is 396 g/mol. The van der Waals surface area contributed by atoms with Crippen LogP contribution in [0.25, 0.3) is 0 Å². The van der Waals surface area contributed by atoms with Crippen LogP contribution in [0.15, 0.2) is 23.1 Å². The van der Waals surface area contributed by atoms with E-state index in [0.29, 0.717) is 11.3 Å². The number of primary sulfonamides is 1. The monoisotopic (exact) mass is 396 g/mol. The van der Waals surface area contributed by atoms with E-state index in [0.717, 1.165) is 38.8 Å². The highest BCUT2D eigenvalue weighted by atomic mass is 32.2. The van der Waals surface area contributed by atoms with E-state index in [1.807, 2.05) is 4.90 Å². The molecule has 0 atom stereocenters. The van der Waals surface area contributed by atoms with Gasteiger partial charge < -0.3 is 9.64 Å². The second kappa shape index (κ2) is 10.1.